The Morgan fingerprint density at radius 2 is 1.79 bits per heavy atom. The molecule has 0 radical (unpaired) electrons. The van der Waals surface area contributed by atoms with Crippen molar-refractivity contribution in [2.75, 3.05) is 24.8 Å². The van der Waals surface area contributed by atoms with Crippen LogP contribution < -0.4 is 19.9 Å². The van der Waals surface area contributed by atoms with Crippen LogP contribution in [-0.4, -0.2) is 35.3 Å². The molecule has 220 valence electrons. The third-order valence-corrected chi connectivity index (χ3v) is 9.27. The Kier molecular flexibility index (Phi) is 7.30. The van der Waals surface area contributed by atoms with Crippen LogP contribution in [0.2, 0.25) is 0 Å². The molecular formula is C33H29F2N3O4S. The van der Waals surface area contributed by atoms with Crippen LogP contribution in [0.5, 0.6) is 11.5 Å². The minimum absolute atomic E-state index is 0.0450. The highest BCUT2D eigenvalue weighted by Gasteiger charge is 2.41. The van der Waals surface area contributed by atoms with Crippen molar-refractivity contribution in [1.82, 2.24) is 9.58 Å². The van der Waals surface area contributed by atoms with Gasteiger partial charge < -0.3 is 14.4 Å². The minimum Gasteiger partial charge on any atom is -0.493 e. The van der Waals surface area contributed by atoms with E-state index in [1.165, 1.54) is 17.8 Å². The molecule has 3 aliphatic heterocycles. The molecule has 4 heterocycles. The van der Waals surface area contributed by atoms with Crippen molar-refractivity contribution in [2.24, 2.45) is 0 Å². The second-order valence-corrected chi connectivity index (χ2v) is 11.8. The third kappa shape index (κ3) is 4.93. The number of fused-ring (bicyclic) bond motifs is 7. The van der Waals surface area contributed by atoms with Gasteiger partial charge in [-0.2, -0.15) is 0 Å². The van der Waals surface area contributed by atoms with Gasteiger partial charge in [0.1, 0.15) is 25.1 Å². The summed E-state index contributed by atoms with van der Waals surface area (Å²) in [5.41, 5.74) is 2.16. The van der Waals surface area contributed by atoms with Crippen molar-refractivity contribution in [3.8, 4) is 11.5 Å². The van der Waals surface area contributed by atoms with E-state index >= 15 is 8.78 Å². The normalized spacial score (nSPS) is 17.8. The summed E-state index contributed by atoms with van der Waals surface area (Å²) in [7, 11) is 0. The standard InChI is InChI=1S/C33H29F2N3O4S/c34-24-17-26-28-23(29(24)35)19-43-27-12-6-5-11-22(27)30(28)38-20-36(14-7-2-8-16-41-26)33(40)31-32(25(39)13-15-37(31)38)42-18-21-9-3-1-4-10-21/h1,3-6,9-13,15,17,30H,2,7-8,14,16,18-20H2/t30-/m1/s1. The number of aromatic nitrogens is 1. The van der Waals surface area contributed by atoms with E-state index in [1.807, 2.05) is 59.6 Å². The first-order chi connectivity index (χ1) is 21.0. The first-order valence-corrected chi connectivity index (χ1v) is 15.3. The smallest absolute Gasteiger partial charge is 0.277 e. The van der Waals surface area contributed by atoms with Gasteiger partial charge >= 0.3 is 0 Å². The van der Waals surface area contributed by atoms with Gasteiger partial charge in [-0.3, -0.25) is 19.3 Å². The Morgan fingerprint density at radius 3 is 2.65 bits per heavy atom. The SMILES string of the molecule is O=C1c2c(OCc3ccccc3)c(=O)ccn2N2CN1CCCCCOc1cc(F)c(F)c3c1[C@H]2c1ccccc1SC3. The van der Waals surface area contributed by atoms with Crippen LogP contribution in [0.3, 0.4) is 0 Å². The molecule has 7 nitrogen and oxygen atoms in total. The van der Waals surface area contributed by atoms with Gasteiger partial charge in [0.05, 0.1) is 6.61 Å². The molecule has 0 spiro atoms. The average Bonchev–Trinajstić information content (AvgIpc) is 3.19. The maximum atomic E-state index is 15.6. The quantitative estimate of drug-likeness (QED) is 0.287. The molecule has 1 aromatic heterocycles. The zero-order valence-electron chi connectivity index (χ0n) is 23.3. The van der Waals surface area contributed by atoms with Crippen molar-refractivity contribution >= 4 is 17.7 Å². The molecule has 0 N–H and O–H groups in total. The van der Waals surface area contributed by atoms with Crippen LogP contribution >= 0.6 is 11.8 Å². The summed E-state index contributed by atoms with van der Waals surface area (Å²) in [6.45, 7) is 1.06. The largest absolute Gasteiger partial charge is 0.493 e. The number of carbonyl (C=O) groups is 1. The number of benzene rings is 3. The highest BCUT2D eigenvalue weighted by atomic mass is 32.2. The van der Waals surface area contributed by atoms with E-state index in [2.05, 4.69) is 0 Å². The van der Waals surface area contributed by atoms with Crippen molar-refractivity contribution < 1.29 is 23.0 Å². The molecule has 10 heteroatoms. The Hall–Kier alpha value is -4.31. The fourth-order valence-corrected chi connectivity index (χ4v) is 7.17. The Labute approximate surface area is 251 Å². The molecule has 3 aromatic carbocycles. The number of halogens is 2. The lowest BCUT2D eigenvalue weighted by atomic mass is 9.92. The van der Waals surface area contributed by atoms with Crippen molar-refractivity contribution in [3.05, 3.63) is 123 Å². The molecule has 0 saturated carbocycles. The summed E-state index contributed by atoms with van der Waals surface area (Å²) < 4.78 is 44.6. The summed E-state index contributed by atoms with van der Waals surface area (Å²) in [6.07, 6.45) is 3.75. The van der Waals surface area contributed by atoms with E-state index in [-0.39, 0.29) is 47.7 Å². The molecule has 0 aliphatic carbocycles. The molecule has 1 atom stereocenters. The molecule has 2 bridgehead atoms. The maximum Gasteiger partial charge on any atom is 0.277 e. The number of ether oxygens (including phenoxy) is 2. The molecule has 0 fully saturated rings. The zero-order valence-corrected chi connectivity index (χ0v) is 24.1. The van der Waals surface area contributed by atoms with E-state index in [4.69, 9.17) is 9.47 Å². The Bertz CT molecular complexity index is 1760. The summed E-state index contributed by atoms with van der Waals surface area (Å²) in [5, 5.41) is 1.93. The van der Waals surface area contributed by atoms with E-state index in [0.717, 1.165) is 28.5 Å². The minimum atomic E-state index is -0.956. The van der Waals surface area contributed by atoms with Crippen LogP contribution in [0.15, 0.2) is 82.6 Å². The average molecular weight is 602 g/mol. The monoisotopic (exact) mass is 601 g/mol. The van der Waals surface area contributed by atoms with Gasteiger partial charge in [-0.25, -0.2) is 8.78 Å². The molecular weight excluding hydrogens is 572 g/mol. The predicted octanol–water partition coefficient (Wildman–Crippen LogP) is 6.01. The van der Waals surface area contributed by atoms with Gasteiger partial charge in [-0.15, -0.1) is 11.8 Å². The van der Waals surface area contributed by atoms with Crippen LogP contribution in [0.4, 0.5) is 8.78 Å². The van der Waals surface area contributed by atoms with Gasteiger partial charge in [0, 0.05) is 46.6 Å². The summed E-state index contributed by atoms with van der Waals surface area (Å²) >= 11 is 1.43. The van der Waals surface area contributed by atoms with Crippen LogP contribution in [0, 0.1) is 11.6 Å². The zero-order chi connectivity index (χ0) is 29.5. The van der Waals surface area contributed by atoms with Gasteiger partial charge in [0.2, 0.25) is 5.43 Å². The fourth-order valence-electron chi connectivity index (χ4n) is 6.07. The van der Waals surface area contributed by atoms with Crippen molar-refractivity contribution in [2.45, 2.75) is 42.6 Å². The topological polar surface area (TPSA) is 64.0 Å². The lowest BCUT2D eigenvalue weighted by molar-refractivity contribution is 0.0670. The second kappa shape index (κ2) is 11.4. The summed E-state index contributed by atoms with van der Waals surface area (Å²) in [6, 6.07) is 19.0. The van der Waals surface area contributed by atoms with E-state index in [0.29, 0.717) is 31.6 Å². The number of hydrogen-bond acceptors (Lipinski definition) is 6. The number of pyridine rings is 1. The number of rotatable bonds is 3. The molecule has 0 saturated heterocycles. The number of thioether (sulfide) groups is 1. The molecule has 4 aromatic rings. The number of hydrogen-bond donors (Lipinski definition) is 0. The second-order valence-electron chi connectivity index (χ2n) is 10.8. The Morgan fingerprint density at radius 1 is 0.977 bits per heavy atom. The molecule has 3 aliphatic rings. The first-order valence-electron chi connectivity index (χ1n) is 14.3. The fraction of sp³-hybridized carbons (Fsp3) is 0.273. The van der Waals surface area contributed by atoms with Crippen molar-refractivity contribution in [1.29, 1.82) is 0 Å². The Balaban J connectivity index is 1.46. The van der Waals surface area contributed by atoms with Crippen molar-refractivity contribution in [3.63, 3.8) is 0 Å². The van der Waals surface area contributed by atoms with Crippen LogP contribution in [0.1, 0.15) is 58.0 Å². The van der Waals surface area contributed by atoms with Gasteiger partial charge in [0.15, 0.2) is 23.1 Å². The van der Waals surface area contributed by atoms with Gasteiger partial charge in [0.25, 0.3) is 5.91 Å². The highest BCUT2D eigenvalue weighted by molar-refractivity contribution is 7.98. The number of carbonyl (C=O) groups excluding carboxylic acids is 1. The molecule has 7 rings (SSSR count). The number of amides is 1. The van der Waals surface area contributed by atoms with Gasteiger partial charge in [-0.1, -0.05) is 48.5 Å². The predicted molar refractivity (Wildman–Crippen MR) is 159 cm³/mol. The van der Waals surface area contributed by atoms with E-state index in [9.17, 15) is 9.59 Å². The first kappa shape index (κ1) is 27.5. The molecule has 1 amide bonds. The summed E-state index contributed by atoms with van der Waals surface area (Å²) in [4.78, 5) is 30.0. The van der Waals surface area contributed by atoms with Gasteiger partial charge in [-0.05, 0) is 36.5 Å². The lowest BCUT2D eigenvalue weighted by Crippen LogP contribution is -2.56. The molecule has 43 heavy (non-hydrogen) atoms. The van der Waals surface area contributed by atoms with E-state index < -0.39 is 23.1 Å². The number of nitrogens with zero attached hydrogens (tertiary/aromatic N) is 3. The highest BCUT2D eigenvalue weighted by Crippen LogP contribution is 2.47. The summed E-state index contributed by atoms with van der Waals surface area (Å²) in [5.74, 6) is -1.73. The van der Waals surface area contributed by atoms with Crippen LogP contribution in [-0.2, 0) is 12.4 Å². The van der Waals surface area contributed by atoms with Crippen LogP contribution in [0.25, 0.3) is 0 Å². The third-order valence-electron chi connectivity index (χ3n) is 8.15. The molecule has 0 unspecified atom stereocenters. The van der Waals surface area contributed by atoms with E-state index in [1.54, 1.807) is 15.8 Å². The maximum absolute atomic E-state index is 15.6. The lowest BCUT2D eigenvalue weighted by Gasteiger charge is -2.45.